The molecule has 0 amide bonds. The van der Waals surface area contributed by atoms with Crippen LogP contribution in [-0.4, -0.2) is 152 Å². The van der Waals surface area contributed by atoms with Gasteiger partial charge in [0.05, 0.1) is 38.1 Å². The van der Waals surface area contributed by atoms with Gasteiger partial charge in [0, 0.05) is 17.9 Å². The molecule has 9 N–H and O–H groups in total. The zero-order valence-electron chi connectivity index (χ0n) is 30.4. The number of hydrogen-bond donors (Lipinski definition) is 9. The SMILES string of the molecule is C/C=C1\[C@H](O[C@H]2O[C@@H](CO)[C@@H](O)[C@H](O)[C@H]2O)OC=C(C(=O)OCCc2ccc(O)cc2)[C@H]1CC(=O)OC[C@@H]1O[C@H](OCCc2ccc(O)cc2)[C@H](O)[C@H](O)[C@H]1O. The second kappa shape index (κ2) is 19.8. The predicted molar refractivity (Wildman–Crippen MR) is 188 cm³/mol. The van der Waals surface area contributed by atoms with Crippen LogP contribution in [0.1, 0.15) is 24.5 Å². The highest BCUT2D eigenvalue weighted by atomic mass is 16.8. The number of carbonyl (C=O) groups is 2. The molecule has 0 bridgehead atoms. The zero-order valence-corrected chi connectivity index (χ0v) is 30.4. The molecule has 2 saturated heterocycles. The average molecular weight is 793 g/mol. The fourth-order valence-electron chi connectivity index (χ4n) is 6.36. The van der Waals surface area contributed by atoms with Crippen molar-refractivity contribution in [3.05, 3.63) is 83.1 Å². The molecule has 56 heavy (non-hydrogen) atoms. The Kier molecular flexibility index (Phi) is 15.2. The van der Waals surface area contributed by atoms with E-state index in [9.17, 15) is 55.5 Å². The minimum atomic E-state index is -1.79. The fourth-order valence-corrected chi connectivity index (χ4v) is 6.36. The van der Waals surface area contributed by atoms with Gasteiger partial charge in [0.2, 0.25) is 6.29 Å². The summed E-state index contributed by atoms with van der Waals surface area (Å²) in [5.41, 5.74) is 1.62. The van der Waals surface area contributed by atoms with Crippen LogP contribution in [0, 0.1) is 5.92 Å². The van der Waals surface area contributed by atoms with Gasteiger partial charge in [-0.15, -0.1) is 0 Å². The summed E-state index contributed by atoms with van der Waals surface area (Å²) in [6, 6.07) is 12.6. The summed E-state index contributed by atoms with van der Waals surface area (Å²) in [5, 5.41) is 91.3. The third-order valence-corrected chi connectivity index (χ3v) is 9.66. The van der Waals surface area contributed by atoms with Crippen LogP contribution in [0.15, 0.2) is 72.0 Å². The molecule has 18 heteroatoms. The van der Waals surface area contributed by atoms with Crippen LogP contribution in [0.5, 0.6) is 11.5 Å². The Morgan fingerprint density at radius 1 is 0.714 bits per heavy atom. The van der Waals surface area contributed by atoms with E-state index in [4.69, 9.17) is 33.2 Å². The Morgan fingerprint density at radius 2 is 1.27 bits per heavy atom. The van der Waals surface area contributed by atoms with E-state index in [1.54, 1.807) is 31.2 Å². The number of benzene rings is 2. The van der Waals surface area contributed by atoms with E-state index >= 15 is 0 Å². The summed E-state index contributed by atoms with van der Waals surface area (Å²) in [5.74, 6) is -2.74. The summed E-state index contributed by atoms with van der Waals surface area (Å²) >= 11 is 0. The molecule has 5 rings (SSSR count). The van der Waals surface area contributed by atoms with Gasteiger partial charge >= 0.3 is 11.9 Å². The van der Waals surface area contributed by atoms with E-state index in [0.717, 1.165) is 17.4 Å². The number of carbonyl (C=O) groups excluding carboxylic acids is 2. The van der Waals surface area contributed by atoms with Crippen LogP contribution in [0.2, 0.25) is 0 Å². The normalized spacial score (nSPS) is 32.6. The number of aliphatic hydroxyl groups is 7. The third-order valence-electron chi connectivity index (χ3n) is 9.66. The summed E-state index contributed by atoms with van der Waals surface area (Å²) in [7, 11) is 0. The molecule has 18 nitrogen and oxygen atoms in total. The molecular formula is C38H48O18. The molecule has 0 saturated carbocycles. The molecule has 12 atom stereocenters. The lowest BCUT2D eigenvalue weighted by Gasteiger charge is -2.42. The number of phenols is 2. The molecule has 0 radical (unpaired) electrons. The Balaban J connectivity index is 1.26. The predicted octanol–water partition coefficient (Wildman–Crippen LogP) is -1.20. The van der Waals surface area contributed by atoms with Crippen LogP contribution >= 0.6 is 0 Å². The first-order valence-electron chi connectivity index (χ1n) is 18.0. The van der Waals surface area contributed by atoms with Crippen molar-refractivity contribution in [2.45, 2.75) is 93.9 Å². The maximum absolute atomic E-state index is 13.4. The number of rotatable bonds is 15. The van der Waals surface area contributed by atoms with Gasteiger partial charge in [0.1, 0.15) is 66.9 Å². The number of ether oxygens (including phenoxy) is 7. The van der Waals surface area contributed by atoms with Gasteiger partial charge < -0.3 is 79.1 Å². The maximum Gasteiger partial charge on any atom is 0.337 e. The Bertz CT molecular complexity index is 1640. The second-order valence-corrected chi connectivity index (χ2v) is 13.5. The van der Waals surface area contributed by atoms with Crippen molar-refractivity contribution < 1.29 is 88.7 Å². The molecule has 3 aliphatic rings. The zero-order chi connectivity index (χ0) is 40.5. The number of phenolic OH excluding ortho intramolecular Hbond substituents is 2. The Labute approximate surface area is 321 Å². The molecule has 2 aromatic carbocycles. The second-order valence-electron chi connectivity index (χ2n) is 13.5. The highest BCUT2D eigenvalue weighted by Gasteiger charge is 2.48. The standard InChI is InChI=1S/C38H48O18/c1-2-23-24(15-28(42)52-18-27-30(44)32(46)33(47)37(55-27)51-14-12-20-5-9-22(41)10-6-20)25(35(49)50-13-11-19-3-7-21(40)8-4-19)17-53-36(23)56-38-34(48)31(45)29(43)26(16-39)54-38/h2-10,17,24,26-27,29-34,36-41,43-48H,11-16,18H2,1H3/b23-2-/t24-,26-,27-,29+,30-,31-,32+,33+,34+,36-,37-,38+/m0/s1. The lowest BCUT2D eigenvalue weighted by molar-refractivity contribution is -0.327. The minimum absolute atomic E-state index is 0.0320. The average Bonchev–Trinajstić information content (AvgIpc) is 3.19. The minimum Gasteiger partial charge on any atom is -0.508 e. The lowest BCUT2D eigenvalue weighted by atomic mass is 9.86. The van der Waals surface area contributed by atoms with Gasteiger partial charge in [0.15, 0.2) is 12.6 Å². The monoisotopic (exact) mass is 792 g/mol. The van der Waals surface area contributed by atoms with Gasteiger partial charge in [-0.3, -0.25) is 4.79 Å². The largest absolute Gasteiger partial charge is 0.508 e. The van der Waals surface area contributed by atoms with E-state index in [0.29, 0.717) is 6.42 Å². The number of hydrogen-bond acceptors (Lipinski definition) is 18. The van der Waals surface area contributed by atoms with Crippen molar-refractivity contribution in [1.29, 1.82) is 0 Å². The highest BCUT2D eigenvalue weighted by molar-refractivity contribution is 5.91. The summed E-state index contributed by atoms with van der Waals surface area (Å²) < 4.78 is 39.2. The number of allylic oxidation sites excluding steroid dienone is 1. The van der Waals surface area contributed by atoms with E-state index in [1.807, 2.05) is 0 Å². The van der Waals surface area contributed by atoms with Crippen molar-refractivity contribution in [2.24, 2.45) is 5.92 Å². The van der Waals surface area contributed by atoms with Gasteiger partial charge in [-0.05, 0) is 48.7 Å². The first kappa shape index (κ1) is 43.0. The number of esters is 2. The molecule has 2 fully saturated rings. The van der Waals surface area contributed by atoms with Crippen LogP contribution in [0.3, 0.4) is 0 Å². The van der Waals surface area contributed by atoms with E-state index < -0.39 is 105 Å². The van der Waals surface area contributed by atoms with Gasteiger partial charge in [0.25, 0.3) is 0 Å². The van der Waals surface area contributed by atoms with Crippen LogP contribution < -0.4 is 0 Å². The van der Waals surface area contributed by atoms with E-state index in [-0.39, 0.29) is 42.3 Å². The van der Waals surface area contributed by atoms with Gasteiger partial charge in [-0.1, -0.05) is 30.3 Å². The molecule has 0 aliphatic carbocycles. The van der Waals surface area contributed by atoms with Crippen LogP contribution in [0.25, 0.3) is 0 Å². The molecule has 2 aromatic rings. The fraction of sp³-hybridized carbons (Fsp3) is 0.526. The van der Waals surface area contributed by atoms with Gasteiger partial charge in [-0.2, -0.15) is 0 Å². The maximum atomic E-state index is 13.4. The first-order chi connectivity index (χ1) is 26.8. The molecule has 0 spiro atoms. The van der Waals surface area contributed by atoms with Crippen LogP contribution in [0.4, 0.5) is 0 Å². The number of aliphatic hydroxyl groups excluding tert-OH is 7. The van der Waals surface area contributed by atoms with Gasteiger partial charge in [-0.25, -0.2) is 4.79 Å². The molecule has 0 unspecified atom stereocenters. The first-order valence-corrected chi connectivity index (χ1v) is 18.0. The smallest absolute Gasteiger partial charge is 0.337 e. The van der Waals surface area contributed by atoms with Crippen molar-refractivity contribution in [2.75, 3.05) is 26.4 Å². The van der Waals surface area contributed by atoms with Crippen molar-refractivity contribution in [1.82, 2.24) is 0 Å². The molecule has 3 aliphatic heterocycles. The van der Waals surface area contributed by atoms with E-state index in [1.165, 1.54) is 30.3 Å². The quantitative estimate of drug-likeness (QED) is 0.0757. The Hall–Kier alpha value is -4.18. The molecule has 308 valence electrons. The summed E-state index contributed by atoms with van der Waals surface area (Å²) in [4.78, 5) is 26.9. The third kappa shape index (κ3) is 10.6. The molecule has 0 aromatic heterocycles. The van der Waals surface area contributed by atoms with Crippen molar-refractivity contribution >= 4 is 11.9 Å². The van der Waals surface area contributed by atoms with Crippen LogP contribution in [-0.2, 0) is 55.6 Å². The topological polar surface area (TPSA) is 281 Å². The van der Waals surface area contributed by atoms with E-state index in [2.05, 4.69) is 0 Å². The summed E-state index contributed by atoms with van der Waals surface area (Å²) in [6.45, 7) is 0.183. The molecule has 3 heterocycles. The number of aromatic hydroxyl groups is 2. The Morgan fingerprint density at radius 3 is 1.86 bits per heavy atom. The highest BCUT2D eigenvalue weighted by Crippen LogP contribution is 2.36. The van der Waals surface area contributed by atoms with Crippen molar-refractivity contribution in [3.63, 3.8) is 0 Å². The lowest BCUT2D eigenvalue weighted by Crippen LogP contribution is -2.60. The van der Waals surface area contributed by atoms with Crippen molar-refractivity contribution in [3.8, 4) is 11.5 Å². The summed E-state index contributed by atoms with van der Waals surface area (Å²) in [6.07, 6.45) is -14.7. The molecular weight excluding hydrogens is 744 g/mol.